The summed E-state index contributed by atoms with van der Waals surface area (Å²) in [7, 11) is 0. The molecule has 0 bridgehead atoms. The van der Waals surface area contributed by atoms with Gasteiger partial charge in [-0.3, -0.25) is 0 Å². The van der Waals surface area contributed by atoms with Gasteiger partial charge in [0, 0.05) is 16.5 Å². The molecule has 1 aliphatic carbocycles. The van der Waals surface area contributed by atoms with Crippen molar-refractivity contribution in [3.63, 3.8) is 0 Å². The summed E-state index contributed by atoms with van der Waals surface area (Å²) in [6, 6.07) is 20.2. The minimum absolute atomic E-state index is 0.0212. The SMILES string of the molecule is OC1=C(O)c2c3ccc4ccccc4c3cc3cccc1c23. The van der Waals surface area contributed by atoms with Crippen LogP contribution in [-0.2, 0) is 0 Å². The summed E-state index contributed by atoms with van der Waals surface area (Å²) in [5.41, 5.74) is 1.45. The number of fused-ring (bicyclic) bond motifs is 4. The summed E-state index contributed by atoms with van der Waals surface area (Å²) >= 11 is 0. The Morgan fingerprint density at radius 1 is 0.591 bits per heavy atom. The van der Waals surface area contributed by atoms with Crippen LogP contribution in [0.15, 0.2) is 60.7 Å². The molecule has 0 saturated heterocycles. The molecular formula is C20H12O2. The van der Waals surface area contributed by atoms with Crippen molar-refractivity contribution in [2.24, 2.45) is 0 Å². The van der Waals surface area contributed by atoms with E-state index in [4.69, 9.17) is 0 Å². The number of aliphatic hydroxyl groups is 2. The molecule has 104 valence electrons. The van der Waals surface area contributed by atoms with Crippen LogP contribution in [0, 0.1) is 0 Å². The molecule has 0 saturated carbocycles. The number of aliphatic hydroxyl groups excluding tert-OH is 2. The van der Waals surface area contributed by atoms with Crippen molar-refractivity contribution in [2.75, 3.05) is 0 Å². The van der Waals surface area contributed by atoms with E-state index in [1.807, 2.05) is 36.4 Å². The standard InChI is InChI=1S/C20H12O2/c21-19-15-7-3-5-12-10-16-13-6-2-1-4-11(13)8-9-14(16)18(17(12)15)20(19)22/h1-10,21-22H. The predicted molar refractivity (Wildman–Crippen MR) is 91.0 cm³/mol. The van der Waals surface area contributed by atoms with E-state index in [0.29, 0.717) is 5.56 Å². The van der Waals surface area contributed by atoms with Crippen LogP contribution in [0.3, 0.4) is 0 Å². The first kappa shape index (κ1) is 11.6. The quantitative estimate of drug-likeness (QED) is 0.335. The molecule has 4 aromatic carbocycles. The minimum Gasteiger partial charge on any atom is -0.504 e. The van der Waals surface area contributed by atoms with Gasteiger partial charge in [0.15, 0.2) is 11.5 Å². The predicted octanol–water partition coefficient (Wildman–Crippen LogP) is 5.40. The zero-order valence-electron chi connectivity index (χ0n) is 11.7. The molecule has 5 rings (SSSR count). The second-order valence-corrected chi connectivity index (χ2v) is 5.73. The first-order chi connectivity index (χ1) is 10.8. The van der Waals surface area contributed by atoms with E-state index in [9.17, 15) is 10.2 Å². The van der Waals surface area contributed by atoms with Crippen LogP contribution in [0.4, 0.5) is 0 Å². The molecule has 2 nitrogen and oxygen atoms in total. The minimum atomic E-state index is -0.0266. The lowest BCUT2D eigenvalue weighted by Gasteiger charge is -2.10. The molecule has 0 aliphatic heterocycles. The van der Waals surface area contributed by atoms with Gasteiger partial charge in [0.05, 0.1) is 0 Å². The van der Waals surface area contributed by atoms with E-state index < -0.39 is 0 Å². The van der Waals surface area contributed by atoms with E-state index in [2.05, 4.69) is 24.3 Å². The maximum Gasteiger partial charge on any atom is 0.166 e. The monoisotopic (exact) mass is 284 g/mol. The Morgan fingerprint density at radius 2 is 1.41 bits per heavy atom. The molecule has 0 unspecified atom stereocenters. The lowest BCUT2D eigenvalue weighted by atomic mass is 9.93. The van der Waals surface area contributed by atoms with Crippen molar-refractivity contribution >= 4 is 43.8 Å². The lowest BCUT2D eigenvalue weighted by molar-refractivity contribution is 0.464. The second kappa shape index (κ2) is 3.80. The van der Waals surface area contributed by atoms with Crippen LogP contribution in [-0.4, -0.2) is 10.2 Å². The van der Waals surface area contributed by atoms with Crippen molar-refractivity contribution in [2.45, 2.75) is 0 Å². The van der Waals surface area contributed by atoms with Gasteiger partial charge in [0.25, 0.3) is 0 Å². The second-order valence-electron chi connectivity index (χ2n) is 5.73. The zero-order valence-corrected chi connectivity index (χ0v) is 11.7. The fourth-order valence-electron chi connectivity index (χ4n) is 3.62. The molecule has 2 heteroatoms. The third-order valence-electron chi connectivity index (χ3n) is 4.60. The van der Waals surface area contributed by atoms with Crippen LogP contribution < -0.4 is 0 Å². The van der Waals surface area contributed by atoms with Crippen molar-refractivity contribution in [1.29, 1.82) is 0 Å². The van der Waals surface area contributed by atoms with Crippen molar-refractivity contribution < 1.29 is 10.2 Å². The average molecular weight is 284 g/mol. The molecule has 2 N–H and O–H groups in total. The molecule has 0 amide bonds. The third kappa shape index (κ3) is 1.25. The first-order valence-electron chi connectivity index (χ1n) is 7.26. The van der Waals surface area contributed by atoms with Crippen LogP contribution in [0.1, 0.15) is 11.1 Å². The molecule has 0 spiro atoms. The van der Waals surface area contributed by atoms with Gasteiger partial charge in [-0.15, -0.1) is 0 Å². The van der Waals surface area contributed by atoms with Gasteiger partial charge in [0.2, 0.25) is 0 Å². The highest BCUT2D eigenvalue weighted by Crippen LogP contribution is 2.44. The molecule has 0 aromatic heterocycles. The maximum absolute atomic E-state index is 10.4. The van der Waals surface area contributed by atoms with Gasteiger partial charge >= 0.3 is 0 Å². The average Bonchev–Trinajstić information content (AvgIpc) is 2.82. The number of hydrogen-bond acceptors (Lipinski definition) is 2. The van der Waals surface area contributed by atoms with Crippen LogP contribution in [0.5, 0.6) is 0 Å². The Bertz CT molecular complexity index is 1140. The lowest BCUT2D eigenvalue weighted by Crippen LogP contribution is -1.87. The highest BCUT2D eigenvalue weighted by molar-refractivity contribution is 6.22. The van der Waals surface area contributed by atoms with Gasteiger partial charge in [0.1, 0.15) is 0 Å². The highest BCUT2D eigenvalue weighted by atomic mass is 16.3. The topological polar surface area (TPSA) is 40.5 Å². The Balaban J connectivity index is 2.13. The molecule has 22 heavy (non-hydrogen) atoms. The van der Waals surface area contributed by atoms with Crippen LogP contribution >= 0.6 is 0 Å². The fraction of sp³-hybridized carbons (Fsp3) is 0. The van der Waals surface area contributed by atoms with Crippen LogP contribution in [0.2, 0.25) is 0 Å². The Hall–Kier alpha value is -3.00. The van der Waals surface area contributed by atoms with Crippen molar-refractivity contribution in [3.05, 3.63) is 71.8 Å². The van der Waals surface area contributed by atoms with Crippen molar-refractivity contribution in [3.8, 4) is 0 Å². The van der Waals surface area contributed by atoms with E-state index in [0.717, 1.165) is 32.5 Å². The molecule has 0 atom stereocenters. The summed E-state index contributed by atoms with van der Waals surface area (Å²) in [6.07, 6.45) is 0. The van der Waals surface area contributed by atoms with Gasteiger partial charge in [-0.25, -0.2) is 0 Å². The smallest absolute Gasteiger partial charge is 0.166 e. The number of hydrogen-bond donors (Lipinski definition) is 2. The largest absolute Gasteiger partial charge is 0.504 e. The summed E-state index contributed by atoms with van der Waals surface area (Å²) < 4.78 is 0. The molecule has 4 aromatic rings. The molecular weight excluding hydrogens is 272 g/mol. The summed E-state index contributed by atoms with van der Waals surface area (Å²) in [5, 5.41) is 27.0. The van der Waals surface area contributed by atoms with Gasteiger partial charge in [-0.2, -0.15) is 0 Å². The maximum atomic E-state index is 10.4. The summed E-state index contributed by atoms with van der Waals surface area (Å²) in [5.74, 6) is -0.0478. The number of benzene rings is 4. The summed E-state index contributed by atoms with van der Waals surface area (Å²) in [6.45, 7) is 0. The Kier molecular flexibility index (Phi) is 2.01. The highest BCUT2D eigenvalue weighted by Gasteiger charge is 2.26. The Labute approximate surface area is 126 Å². The molecule has 0 fully saturated rings. The summed E-state index contributed by atoms with van der Waals surface area (Å²) in [4.78, 5) is 0. The van der Waals surface area contributed by atoms with Crippen molar-refractivity contribution in [1.82, 2.24) is 0 Å². The van der Waals surface area contributed by atoms with E-state index in [1.165, 1.54) is 5.39 Å². The number of rotatable bonds is 0. The Morgan fingerprint density at radius 3 is 2.32 bits per heavy atom. The van der Waals surface area contributed by atoms with Gasteiger partial charge in [-0.1, -0.05) is 54.6 Å². The molecule has 1 aliphatic rings. The van der Waals surface area contributed by atoms with E-state index >= 15 is 0 Å². The van der Waals surface area contributed by atoms with E-state index in [1.54, 1.807) is 0 Å². The first-order valence-corrected chi connectivity index (χ1v) is 7.26. The molecule has 0 heterocycles. The molecule has 0 radical (unpaired) electrons. The fourth-order valence-corrected chi connectivity index (χ4v) is 3.62. The third-order valence-corrected chi connectivity index (χ3v) is 4.60. The van der Waals surface area contributed by atoms with Gasteiger partial charge in [-0.05, 0) is 33.0 Å². The zero-order chi connectivity index (χ0) is 14.8. The van der Waals surface area contributed by atoms with E-state index in [-0.39, 0.29) is 11.5 Å². The van der Waals surface area contributed by atoms with Gasteiger partial charge < -0.3 is 10.2 Å². The van der Waals surface area contributed by atoms with Crippen LogP contribution in [0.25, 0.3) is 43.8 Å². The normalized spacial score (nSPS) is 13.6.